The predicted octanol–water partition coefficient (Wildman–Crippen LogP) is 3.24. The van der Waals surface area contributed by atoms with Gasteiger partial charge in [-0.05, 0) is 48.4 Å². The van der Waals surface area contributed by atoms with Crippen LogP contribution in [0, 0.1) is 11.8 Å². The summed E-state index contributed by atoms with van der Waals surface area (Å²) in [5.74, 6) is 6.26. The molecule has 4 bridgehead atoms. The summed E-state index contributed by atoms with van der Waals surface area (Å²) in [6.07, 6.45) is -2.65. The molecule has 12 nitrogen and oxygen atoms in total. The number of sulfonamides is 1. The molecule has 0 saturated heterocycles. The summed E-state index contributed by atoms with van der Waals surface area (Å²) in [6.45, 7) is 1.46. The summed E-state index contributed by atoms with van der Waals surface area (Å²) in [7, 11) is -2.16. The van der Waals surface area contributed by atoms with Gasteiger partial charge >= 0.3 is 12.2 Å². The number of nitrogens with zero attached hydrogens (tertiary/aromatic N) is 2. The van der Waals surface area contributed by atoms with Crippen LogP contribution in [0.3, 0.4) is 0 Å². The van der Waals surface area contributed by atoms with Crippen LogP contribution in [0.4, 0.5) is 41.1 Å². The van der Waals surface area contributed by atoms with Crippen LogP contribution in [-0.4, -0.2) is 64.3 Å². The van der Waals surface area contributed by atoms with Gasteiger partial charge in [-0.3, -0.25) is 0 Å². The lowest BCUT2D eigenvalue weighted by atomic mass is 10.1. The highest BCUT2D eigenvalue weighted by atomic mass is 32.2. The second-order valence-electron chi connectivity index (χ2n) is 9.48. The van der Waals surface area contributed by atoms with Crippen molar-refractivity contribution in [1.82, 2.24) is 25.3 Å². The molecule has 2 amide bonds. The summed E-state index contributed by atoms with van der Waals surface area (Å²) in [6, 6.07) is 8.84. The van der Waals surface area contributed by atoms with E-state index in [9.17, 15) is 26.4 Å². The highest BCUT2D eigenvalue weighted by Crippen LogP contribution is 2.32. The molecule has 6 N–H and O–H groups in total. The molecule has 1 aliphatic rings. The van der Waals surface area contributed by atoms with Crippen molar-refractivity contribution in [3.8, 4) is 11.8 Å². The third-order valence-corrected chi connectivity index (χ3v) is 7.54. The molecule has 3 aromatic rings. The van der Waals surface area contributed by atoms with Crippen molar-refractivity contribution in [2.75, 3.05) is 55.8 Å². The maximum atomic E-state index is 13.4. The number of fused-ring (bicyclic) bond motifs is 4. The number of urea groups is 1. The third-order valence-electron chi connectivity index (χ3n) is 6.08. The zero-order chi connectivity index (χ0) is 31.6. The van der Waals surface area contributed by atoms with E-state index in [0.717, 1.165) is 12.1 Å². The van der Waals surface area contributed by atoms with Crippen molar-refractivity contribution in [2.45, 2.75) is 24.0 Å². The number of carbonyl (C=O) groups excluding carboxylic acids is 1. The van der Waals surface area contributed by atoms with Crippen molar-refractivity contribution in [1.29, 1.82) is 0 Å². The van der Waals surface area contributed by atoms with Gasteiger partial charge in [0.05, 0.1) is 35.4 Å². The lowest BCUT2D eigenvalue weighted by molar-refractivity contribution is -0.137. The Labute approximate surface area is 252 Å². The minimum Gasteiger partial charge on any atom is -0.383 e. The highest BCUT2D eigenvalue weighted by Gasteiger charge is 2.31. The van der Waals surface area contributed by atoms with E-state index in [4.69, 9.17) is 4.74 Å². The van der Waals surface area contributed by atoms with E-state index in [2.05, 4.69) is 53.1 Å². The maximum absolute atomic E-state index is 13.4. The summed E-state index contributed by atoms with van der Waals surface area (Å²) in [5, 5.41) is 14.0. The SMILES string of the molecule is COCCNCc1cc(NC(=O)NCC#Cc2cnc3nc2NCCCNS(=O)(=O)c2cccc(c2)N3)cc(C(F)(F)F)c1. The number of aromatic nitrogens is 2. The van der Waals surface area contributed by atoms with E-state index >= 15 is 0 Å². The van der Waals surface area contributed by atoms with Crippen LogP contribution in [0.1, 0.15) is 23.1 Å². The molecule has 0 aliphatic carbocycles. The molecule has 0 radical (unpaired) electrons. The molecule has 0 unspecified atom stereocenters. The Balaban J connectivity index is 1.41. The quantitative estimate of drug-likeness (QED) is 0.170. The number of halogens is 3. The van der Waals surface area contributed by atoms with E-state index in [1.807, 2.05) is 0 Å². The summed E-state index contributed by atoms with van der Waals surface area (Å²) in [5.41, 5.74) is 0.334. The molecule has 0 atom stereocenters. The van der Waals surface area contributed by atoms with Crippen LogP contribution in [0.2, 0.25) is 0 Å². The average molecular weight is 633 g/mol. The van der Waals surface area contributed by atoms with Crippen LogP contribution in [0.15, 0.2) is 53.6 Å². The first-order chi connectivity index (χ1) is 21.0. The Hall–Kier alpha value is -4.43. The topological polar surface area (TPSA) is 158 Å². The van der Waals surface area contributed by atoms with Crippen LogP contribution < -0.4 is 31.3 Å². The molecule has 0 fully saturated rings. The summed E-state index contributed by atoms with van der Waals surface area (Å²) in [4.78, 5) is 21.3. The molecule has 0 spiro atoms. The van der Waals surface area contributed by atoms with Gasteiger partial charge in [0.2, 0.25) is 16.0 Å². The lowest BCUT2D eigenvalue weighted by Gasteiger charge is -2.14. The van der Waals surface area contributed by atoms with Gasteiger partial charge in [0.25, 0.3) is 0 Å². The molecule has 44 heavy (non-hydrogen) atoms. The fraction of sp³-hybridized carbons (Fsp3) is 0.321. The largest absolute Gasteiger partial charge is 0.416 e. The van der Waals surface area contributed by atoms with Crippen molar-refractivity contribution in [3.63, 3.8) is 0 Å². The molecule has 1 aromatic heterocycles. The summed E-state index contributed by atoms with van der Waals surface area (Å²) >= 11 is 0. The fourth-order valence-corrected chi connectivity index (χ4v) is 5.12. The number of hydrogen-bond acceptors (Lipinski definition) is 9. The van der Waals surface area contributed by atoms with Crippen molar-refractivity contribution < 1.29 is 31.1 Å². The molecule has 16 heteroatoms. The standard InChI is InChI=1S/C28H31F3N8O4S/c1-43-12-11-32-17-19-13-21(28(29,30)31)15-23(14-19)38-27(40)34-8-3-5-20-18-35-26-37-22-6-2-7-24(16-22)44(41,42)36-10-4-9-33-25(20)39-26/h2,6-7,13-16,18,32,36H,4,8-12,17H2,1H3,(H2,34,38,40)(H2,33,35,37,39). The van der Waals surface area contributed by atoms with E-state index in [0.29, 0.717) is 48.7 Å². The van der Waals surface area contributed by atoms with Gasteiger partial charge in [-0.1, -0.05) is 17.9 Å². The number of hydrogen-bond donors (Lipinski definition) is 6. The number of anilines is 4. The van der Waals surface area contributed by atoms with Gasteiger partial charge in [0, 0.05) is 44.7 Å². The number of nitrogens with one attached hydrogen (secondary N) is 6. The van der Waals surface area contributed by atoms with E-state index in [-0.39, 0.29) is 36.2 Å². The molecular weight excluding hydrogens is 601 g/mol. The normalized spacial score (nSPS) is 14.3. The minimum atomic E-state index is -4.59. The van der Waals surface area contributed by atoms with Crippen LogP contribution in [0.25, 0.3) is 0 Å². The zero-order valence-corrected chi connectivity index (χ0v) is 24.5. The molecule has 0 saturated carbocycles. The Bertz CT molecular complexity index is 1640. The fourth-order valence-electron chi connectivity index (χ4n) is 4.00. The number of ether oxygens (including phenoxy) is 1. The third kappa shape index (κ3) is 9.54. The van der Waals surface area contributed by atoms with Gasteiger partial charge in [-0.25, -0.2) is 22.9 Å². The number of carbonyl (C=O) groups is 1. The molecule has 1 aliphatic heterocycles. The van der Waals surface area contributed by atoms with Crippen LogP contribution in [0.5, 0.6) is 0 Å². The molecule has 4 rings (SSSR count). The molecule has 2 heterocycles. The number of methoxy groups -OCH3 is 1. The van der Waals surface area contributed by atoms with Crippen molar-refractivity contribution in [3.05, 3.63) is 65.4 Å². The smallest absolute Gasteiger partial charge is 0.383 e. The van der Waals surface area contributed by atoms with Gasteiger partial charge in [-0.2, -0.15) is 18.2 Å². The van der Waals surface area contributed by atoms with Gasteiger partial charge in [-0.15, -0.1) is 0 Å². The highest BCUT2D eigenvalue weighted by molar-refractivity contribution is 7.89. The van der Waals surface area contributed by atoms with Gasteiger partial charge in [0.1, 0.15) is 5.82 Å². The Kier molecular flexibility index (Phi) is 11.0. The number of rotatable bonds is 7. The summed E-state index contributed by atoms with van der Waals surface area (Å²) < 4.78 is 72.8. The van der Waals surface area contributed by atoms with Gasteiger partial charge in [0.15, 0.2) is 0 Å². The second kappa shape index (κ2) is 14.8. The van der Waals surface area contributed by atoms with Crippen molar-refractivity contribution in [2.24, 2.45) is 0 Å². The molecule has 234 valence electrons. The molecular formula is C28H31F3N8O4S. The van der Waals surface area contributed by atoms with E-state index in [1.54, 1.807) is 12.1 Å². The van der Waals surface area contributed by atoms with Crippen molar-refractivity contribution >= 4 is 39.2 Å². The Morgan fingerprint density at radius 2 is 2.00 bits per heavy atom. The average Bonchev–Trinajstić information content (AvgIpc) is 2.98. The number of alkyl halides is 3. The minimum absolute atomic E-state index is 0.0198. The first-order valence-corrected chi connectivity index (χ1v) is 14.9. The lowest BCUT2D eigenvalue weighted by Crippen LogP contribution is -2.29. The monoisotopic (exact) mass is 632 g/mol. The zero-order valence-electron chi connectivity index (χ0n) is 23.6. The first kappa shape index (κ1) is 32.5. The van der Waals surface area contributed by atoms with E-state index < -0.39 is 27.8 Å². The van der Waals surface area contributed by atoms with Crippen LogP contribution in [-0.2, 0) is 27.5 Å². The predicted molar refractivity (Wildman–Crippen MR) is 159 cm³/mol. The maximum Gasteiger partial charge on any atom is 0.416 e. The second-order valence-corrected chi connectivity index (χ2v) is 11.2. The Morgan fingerprint density at radius 1 is 1.16 bits per heavy atom. The number of amides is 2. The van der Waals surface area contributed by atoms with E-state index in [1.165, 1.54) is 31.5 Å². The first-order valence-electron chi connectivity index (χ1n) is 13.5. The van der Waals surface area contributed by atoms with Gasteiger partial charge < -0.3 is 31.3 Å². The number of benzene rings is 2. The molecule has 2 aromatic carbocycles. The Morgan fingerprint density at radius 3 is 2.80 bits per heavy atom. The van der Waals surface area contributed by atoms with Crippen LogP contribution >= 0.6 is 0 Å².